The van der Waals surface area contributed by atoms with E-state index in [9.17, 15) is 22.8 Å². The zero-order valence-corrected chi connectivity index (χ0v) is 10.8. The molecule has 0 aliphatic rings. The Bertz CT molecular complexity index is 692. The summed E-state index contributed by atoms with van der Waals surface area (Å²) in [6, 6.07) is 6.62. The lowest BCUT2D eigenvalue weighted by molar-refractivity contribution is -0.168. The fraction of sp³-hybridized carbons (Fsp3) is 0.231. The van der Waals surface area contributed by atoms with Gasteiger partial charge in [-0.1, -0.05) is 18.2 Å². The van der Waals surface area contributed by atoms with E-state index in [0.29, 0.717) is 16.5 Å². The Morgan fingerprint density at radius 2 is 1.90 bits per heavy atom. The van der Waals surface area contributed by atoms with Gasteiger partial charge in [0, 0.05) is 18.0 Å². The number of nitrogens with one attached hydrogen (secondary N) is 1. The van der Waals surface area contributed by atoms with E-state index in [-0.39, 0.29) is 12.8 Å². The standard InChI is InChI=1S/C13H12F3N3O2/c14-13(15,16)12(21)18-19-7-8(5-6-11(17)20)9-3-1-2-4-10(9)19/h1-4,7H,5-6H2,(H2,17,20)(H,18,21). The van der Waals surface area contributed by atoms with Crippen LogP contribution in [0, 0.1) is 0 Å². The number of nitrogens with two attached hydrogens (primary N) is 1. The predicted molar refractivity (Wildman–Crippen MR) is 69.9 cm³/mol. The summed E-state index contributed by atoms with van der Waals surface area (Å²) in [5.74, 6) is -2.57. The van der Waals surface area contributed by atoms with Crippen LogP contribution in [0.4, 0.5) is 13.2 Å². The minimum atomic E-state index is -4.97. The maximum Gasteiger partial charge on any atom is 0.472 e. The molecule has 3 N–H and O–H groups in total. The number of carbonyl (C=O) groups is 2. The van der Waals surface area contributed by atoms with E-state index in [0.717, 1.165) is 4.68 Å². The van der Waals surface area contributed by atoms with Crippen molar-refractivity contribution in [1.29, 1.82) is 0 Å². The minimum absolute atomic E-state index is 0.0707. The number of hydrogen-bond acceptors (Lipinski definition) is 2. The maximum atomic E-state index is 12.3. The van der Waals surface area contributed by atoms with Gasteiger partial charge in [0.05, 0.1) is 5.52 Å². The highest BCUT2D eigenvalue weighted by molar-refractivity contribution is 5.92. The molecular formula is C13H12F3N3O2. The highest BCUT2D eigenvalue weighted by atomic mass is 19.4. The Morgan fingerprint density at radius 1 is 1.24 bits per heavy atom. The monoisotopic (exact) mass is 299 g/mol. The number of aryl methyl sites for hydroxylation is 1. The molecule has 21 heavy (non-hydrogen) atoms. The van der Waals surface area contributed by atoms with E-state index >= 15 is 0 Å². The van der Waals surface area contributed by atoms with Crippen molar-refractivity contribution in [3.63, 3.8) is 0 Å². The Kier molecular flexibility index (Phi) is 3.88. The van der Waals surface area contributed by atoms with Crippen LogP contribution in [0.15, 0.2) is 30.5 Å². The summed E-state index contributed by atoms with van der Waals surface area (Å²) < 4.78 is 37.9. The second-order valence-electron chi connectivity index (χ2n) is 4.45. The second-order valence-corrected chi connectivity index (χ2v) is 4.45. The van der Waals surface area contributed by atoms with Gasteiger partial charge in [-0.05, 0) is 18.1 Å². The topological polar surface area (TPSA) is 77.1 Å². The molecule has 112 valence electrons. The molecule has 2 amide bonds. The summed E-state index contributed by atoms with van der Waals surface area (Å²) in [4.78, 5) is 21.8. The number of nitrogens with zero attached hydrogens (tertiary/aromatic N) is 1. The van der Waals surface area contributed by atoms with Gasteiger partial charge in [0.25, 0.3) is 0 Å². The third kappa shape index (κ3) is 3.33. The predicted octanol–water partition coefficient (Wildman–Crippen LogP) is 1.69. The first-order valence-corrected chi connectivity index (χ1v) is 6.04. The van der Waals surface area contributed by atoms with E-state index in [1.165, 1.54) is 6.20 Å². The summed E-state index contributed by atoms with van der Waals surface area (Å²) in [5, 5.41) is 0.654. The largest absolute Gasteiger partial charge is 0.472 e. The maximum absolute atomic E-state index is 12.3. The molecule has 0 spiro atoms. The molecule has 1 aromatic carbocycles. The van der Waals surface area contributed by atoms with Crippen molar-refractivity contribution in [2.24, 2.45) is 5.73 Å². The van der Waals surface area contributed by atoms with Gasteiger partial charge in [0.1, 0.15) is 0 Å². The van der Waals surface area contributed by atoms with Crippen molar-refractivity contribution in [1.82, 2.24) is 4.68 Å². The van der Waals surface area contributed by atoms with Crippen LogP contribution in [0.25, 0.3) is 10.9 Å². The van der Waals surface area contributed by atoms with Gasteiger partial charge in [-0.3, -0.25) is 19.7 Å². The van der Waals surface area contributed by atoms with E-state index < -0.39 is 18.0 Å². The van der Waals surface area contributed by atoms with Gasteiger partial charge in [-0.25, -0.2) is 0 Å². The number of benzene rings is 1. The van der Waals surface area contributed by atoms with Crippen LogP contribution >= 0.6 is 0 Å². The number of hydrogen-bond donors (Lipinski definition) is 2. The number of fused-ring (bicyclic) bond motifs is 1. The molecular weight excluding hydrogens is 287 g/mol. The number of alkyl halides is 3. The van der Waals surface area contributed by atoms with Gasteiger partial charge >= 0.3 is 12.1 Å². The van der Waals surface area contributed by atoms with Gasteiger partial charge in [0.2, 0.25) is 5.91 Å². The summed E-state index contributed by atoms with van der Waals surface area (Å²) in [5.41, 5.74) is 7.88. The highest BCUT2D eigenvalue weighted by Gasteiger charge is 2.39. The Balaban J connectivity index is 2.36. The number of rotatable bonds is 4. The third-order valence-corrected chi connectivity index (χ3v) is 2.91. The Labute approximate surface area is 117 Å². The lowest BCUT2D eigenvalue weighted by atomic mass is 10.1. The molecule has 0 unspecified atom stereocenters. The molecule has 0 bridgehead atoms. The first kappa shape index (κ1) is 14.9. The average molecular weight is 299 g/mol. The summed E-state index contributed by atoms with van der Waals surface area (Å²) >= 11 is 0. The number of primary amides is 1. The summed E-state index contributed by atoms with van der Waals surface area (Å²) in [6.07, 6.45) is -3.26. The fourth-order valence-corrected chi connectivity index (χ4v) is 1.97. The van der Waals surface area contributed by atoms with E-state index in [4.69, 9.17) is 5.73 Å². The molecule has 0 atom stereocenters. The van der Waals surface area contributed by atoms with Crippen molar-refractivity contribution in [2.45, 2.75) is 19.0 Å². The van der Waals surface area contributed by atoms with E-state index in [2.05, 4.69) is 0 Å². The fourth-order valence-electron chi connectivity index (χ4n) is 1.97. The van der Waals surface area contributed by atoms with E-state index in [1.807, 2.05) is 0 Å². The van der Waals surface area contributed by atoms with Gasteiger partial charge in [0.15, 0.2) is 0 Å². The van der Waals surface area contributed by atoms with Crippen LogP contribution in [-0.4, -0.2) is 22.7 Å². The molecule has 0 saturated heterocycles. The normalized spacial score (nSPS) is 11.6. The van der Waals surface area contributed by atoms with Gasteiger partial charge < -0.3 is 5.73 Å². The van der Waals surface area contributed by atoms with Crippen molar-refractivity contribution < 1.29 is 22.8 Å². The number of carbonyl (C=O) groups excluding carboxylic acids is 2. The highest BCUT2D eigenvalue weighted by Crippen LogP contribution is 2.23. The SMILES string of the molecule is NC(=O)CCc1cn(NC(=O)C(F)(F)F)c2ccccc12. The molecule has 2 aromatic rings. The molecule has 0 radical (unpaired) electrons. The van der Waals surface area contributed by atoms with Crippen LogP contribution in [0.1, 0.15) is 12.0 Å². The average Bonchev–Trinajstić information content (AvgIpc) is 2.74. The van der Waals surface area contributed by atoms with Crippen LogP contribution in [0.2, 0.25) is 0 Å². The second kappa shape index (κ2) is 5.47. The lowest BCUT2D eigenvalue weighted by Gasteiger charge is -2.09. The Hall–Kier alpha value is -2.51. The molecule has 0 aliphatic heterocycles. The number of amides is 2. The zero-order chi connectivity index (χ0) is 15.6. The van der Waals surface area contributed by atoms with Crippen LogP contribution < -0.4 is 11.2 Å². The van der Waals surface area contributed by atoms with E-state index in [1.54, 1.807) is 29.7 Å². The first-order valence-electron chi connectivity index (χ1n) is 6.04. The van der Waals surface area contributed by atoms with Gasteiger partial charge in [-0.2, -0.15) is 13.2 Å². The number of para-hydroxylation sites is 1. The molecule has 0 fully saturated rings. The minimum Gasteiger partial charge on any atom is -0.370 e. The summed E-state index contributed by atoms with van der Waals surface area (Å²) in [7, 11) is 0. The lowest BCUT2D eigenvalue weighted by Crippen LogP contribution is -2.34. The molecule has 2 rings (SSSR count). The molecule has 1 heterocycles. The van der Waals surface area contributed by atoms with Crippen molar-refractivity contribution >= 4 is 22.7 Å². The zero-order valence-electron chi connectivity index (χ0n) is 10.8. The van der Waals surface area contributed by atoms with Crippen molar-refractivity contribution in [3.05, 3.63) is 36.0 Å². The third-order valence-electron chi connectivity index (χ3n) is 2.91. The summed E-state index contributed by atoms with van der Waals surface area (Å²) in [6.45, 7) is 0. The first-order chi connectivity index (χ1) is 9.79. The molecule has 8 heteroatoms. The number of halogens is 3. The molecule has 0 aliphatic carbocycles. The molecule has 1 aromatic heterocycles. The van der Waals surface area contributed by atoms with Crippen molar-refractivity contribution in [2.75, 3.05) is 5.43 Å². The molecule has 0 saturated carbocycles. The quantitative estimate of drug-likeness (QED) is 0.901. The van der Waals surface area contributed by atoms with Crippen molar-refractivity contribution in [3.8, 4) is 0 Å². The van der Waals surface area contributed by atoms with Crippen LogP contribution in [0.5, 0.6) is 0 Å². The van der Waals surface area contributed by atoms with Gasteiger partial charge in [-0.15, -0.1) is 0 Å². The van der Waals surface area contributed by atoms with Crippen LogP contribution in [-0.2, 0) is 16.0 Å². The van der Waals surface area contributed by atoms with Crippen LogP contribution in [0.3, 0.4) is 0 Å². The smallest absolute Gasteiger partial charge is 0.370 e. The number of aromatic nitrogens is 1. The Morgan fingerprint density at radius 3 is 2.52 bits per heavy atom. The molecule has 5 nitrogen and oxygen atoms in total.